The maximum atomic E-state index is 11.8. The number of nitrogen functional groups attached to an aromatic ring is 1. The molecule has 0 unspecified atom stereocenters. The Balaban J connectivity index is 1.91. The molecule has 0 heterocycles. The highest BCUT2D eigenvalue weighted by atomic mass is 16.5. The van der Waals surface area contributed by atoms with E-state index in [9.17, 15) is 4.79 Å². The minimum Gasteiger partial charge on any atom is -0.491 e. The van der Waals surface area contributed by atoms with Crippen LogP contribution in [-0.4, -0.2) is 12.1 Å². The molecule has 0 aliphatic heterocycles. The molecule has 0 atom stereocenters. The molecule has 4 N–H and O–H groups in total. The van der Waals surface area contributed by atoms with Gasteiger partial charge in [-0.3, -0.25) is 0 Å². The Morgan fingerprint density at radius 1 is 0.952 bits per heavy atom. The predicted molar refractivity (Wildman–Crippen MR) is 85.7 cm³/mol. The molecule has 5 nitrogen and oxygen atoms in total. The van der Waals surface area contributed by atoms with E-state index in [1.807, 2.05) is 26.0 Å². The maximum absolute atomic E-state index is 11.8. The van der Waals surface area contributed by atoms with Crippen LogP contribution in [0.15, 0.2) is 48.5 Å². The summed E-state index contributed by atoms with van der Waals surface area (Å²) in [7, 11) is 0. The van der Waals surface area contributed by atoms with E-state index in [1.54, 1.807) is 36.4 Å². The fraction of sp³-hybridized carbons (Fsp3) is 0.188. The quantitative estimate of drug-likeness (QED) is 0.750. The summed E-state index contributed by atoms with van der Waals surface area (Å²) in [4.78, 5) is 11.8. The molecule has 5 heteroatoms. The number of hydrogen-bond acceptors (Lipinski definition) is 3. The second kappa shape index (κ2) is 6.65. The number of rotatable bonds is 4. The second-order valence-corrected chi connectivity index (χ2v) is 4.89. The van der Waals surface area contributed by atoms with Gasteiger partial charge in [0.25, 0.3) is 0 Å². The van der Waals surface area contributed by atoms with Crippen molar-refractivity contribution in [2.24, 2.45) is 0 Å². The summed E-state index contributed by atoms with van der Waals surface area (Å²) in [5, 5.41) is 5.48. The molecule has 2 aromatic carbocycles. The molecule has 0 spiro atoms. The van der Waals surface area contributed by atoms with Crippen molar-refractivity contribution in [2.75, 3.05) is 16.4 Å². The molecule has 0 aliphatic carbocycles. The Morgan fingerprint density at radius 2 is 1.43 bits per heavy atom. The van der Waals surface area contributed by atoms with Crippen molar-refractivity contribution in [3.05, 3.63) is 48.5 Å². The maximum Gasteiger partial charge on any atom is 0.323 e. The van der Waals surface area contributed by atoms with Crippen LogP contribution in [0.2, 0.25) is 0 Å². The predicted octanol–water partition coefficient (Wildman–Crippen LogP) is 3.70. The van der Waals surface area contributed by atoms with E-state index < -0.39 is 0 Å². The summed E-state index contributed by atoms with van der Waals surface area (Å²) in [5.41, 5.74) is 7.62. The first kappa shape index (κ1) is 14.7. The standard InChI is InChI=1S/C16H19N3O2/c1-11(2)21-15-9-7-14(8-10-15)19-16(20)18-13-5-3-12(17)4-6-13/h3-11H,17H2,1-2H3,(H2,18,19,20). The third-order valence-corrected chi connectivity index (χ3v) is 2.65. The van der Waals surface area contributed by atoms with Crippen LogP contribution < -0.4 is 21.1 Å². The summed E-state index contributed by atoms with van der Waals surface area (Å²) in [6.45, 7) is 3.93. The normalized spacial score (nSPS) is 10.2. The average Bonchev–Trinajstić information content (AvgIpc) is 2.43. The third kappa shape index (κ3) is 4.72. The molecule has 0 bridgehead atoms. The zero-order valence-corrected chi connectivity index (χ0v) is 12.1. The van der Waals surface area contributed by atoms with Crippen LogP contribution >= 0.6 is 0 Å². The summed E-state index contributed by atoms with van der Waals surface area (Å²) >= 11 is 0. The van der Waals surface area contributed by atoms with E-state index in [1.165, 1.54) is 0 Å². The lowest BCUT2D eigenvalue weighted by atomic mass is 10.3. The molecule has 110 valence electrons. The number of amides is 2. The van der Waals surface area contributed by atoms with Crippen LogP contribution in [-0.2, 0) is 0 Å². The number of nitrogens with two attached hydrogens (primary N) is 1. The van der Waals surface area contributed by atoms with Crippen molar-refractivity contribution in [1.82, 2.24) is 0 Å². The van der Waals surface area contributed by atoms with Crippen LogP contribution in [0, 0.1) is 0 Å². The Bertz CT molecular complexity index is 592. The van der Waals surface area contributed by atoms with Crippen LogP contribution in [0.1, 0.15) is 13.8 Å². The highest BCUT2D eigenvalue weighted by molar-refractivity contribution is 5.99. The number of hydrogen-bond donors (Lipinski definition) is 3. The highest BCUT2D eigenvalue weighted by Gasteiger charge is 2.03. The van der Waals surface area contributed by atoms with Gasteiger partial charge in [0, 0.05) is 17.1 Å². The fourth-order valence-corrected chi connectivity index (χ4v) is 1.75. The third-order valence-electron chi connectivity index (χ3n) is 2.65. The van der Waals surface area contributed by atoms with Crippen LogP contribution in [0.25, 0.3) is 0 Å². The Labute approximate surface area is 124 Å². The molecule has 2 rings (SSSR count). The van der Waals surface area contributed by atoms with Crippen molar-refractivity contribution < 1.29 is 9.53 Å². The van der Waals surface area contributed by atoms with Gasteiger partial charge in [-0.05, 0) is 62.4 Å². The number of carbonyl (C=O) groups excluding carboxylic acids is 1. The van der Waals surface area contributed by atoms with Gasteiger partial charge in [-0.1, -0.05) is 0 Å². The van der Waals surface area contributed by atoms with E-state index in [2.05, 4.69) is 10.6 Å². The minimum atomic E-state index is -0.308. The van der Waals surface area contributed by atoms with Crippen molar-refractivity contribution in [2.45, 2.75) is 20.0 Å². The lowest BCUT2D eigenvalue weighted by Crippen LogP contribution is -2.19. The summed E-state index contributed by atoms with van der Waals surface area (Å²) < 4.78 is 5.54. The first-order chi connectivity index (χ1) is 10.0. The lowest BCUT2D eigenvalue weighted by Gasteiger charge is -2.11. The monoisotopic (exact) mass is 285 g/mol. The van der Waals surface area contributed by atoms with Gasteiger partial charge in [0.2, 0.25) is 0 Å². The first-order valence-electron chi connectivity index (χ1n) is 6.73. The molecule has 0 fully saturated rings. The van der Waals surface area contributed by atoms with Gasteiger partial charge < -0.3 is 21.1 Å². The number of carbonyl (C=O) groups is 1. The highest BCUT2D eigenvalue weighted by Crippen LogP contribution is 2.17. The van der Waals surface area contributed by atoms with Crippen molar-refractivity contribution in [3.63, 3.8) is 0 Å². The van der Waals surface area contributed by atoms with E-state index in [0.717, 1.165) is 5.75 Å². The second-order valence-electron chi connectivity index (χ2n) is 4.89. The number of nitrogens with one attached hydrogen (secondary N) is 2. The molecule has 2 aromatic rings. The molecular formula is C16H19N3O2. The van der Waals surface area contributed by atoms with Gasteiger partial charge in [0.1, 0.15) is 5.75 Å². The van der Waals surface area contributed by atoms with Gasteiger partial charge in [0.15, 0.2) is 0 Å². The summed E-state index contributed by atoms with van der Waals surface area (Å²) in [6.07, 6.45) is 0.123. The van der Waals surface area contributed by atoms with Crippen LogP contribution in [0.3, 0.4) is 0 Å². The summed E-state index contributed by atoms with van der Waals surface area (Å²) in [6, 6.07) is 13.9. The number of ether oxygens (including phenoxy) is 1. The van der Waals surface area contributed by atoms with Crippen molar-refractivity contribution in [3.8, 4) is 5.75 Å². The Hall–Kier alpha value is -2.69. The average molecular weight is 285 g/mol. The molecule has 0 saturated carbocycles. The van der Waals surface area contributed by atoms with Crippen LogP contribution in [0.4, 0.5) is 21.9 Å². The fourth-order valence-electron chi connectivity index (χ4n) is 1.75. The molecule has 0 aromatic heterocycles. The zero-order chi connectivity index (χ0) is 15.2. The van der Waals surface area contributed by atoms with E-state index in [-0.39, 0.29) is 12.1 Å². The van der Waals surface area contributed by atoms with E-state index in [4.69, 9.17) is 10.5 Å². The van der Waals surface area contributed by atoms with Crippen molar-refractivity contribution >= 4 is 23.1 Å². The largest absolute Gasteiger partial charge is 0.491 e. The molecule has 21 heavy (non-hydrogen) atoms. The SMILES string of the molecule is CC(C)Oc1ccc(NC(=O)Nc2ccc(N)cc2)cc1. The number of benzene rings is 2. The van der Waals surface area contributed by atoms with Gasteiger partial charge >= 0.3 is 6.03 Å². The van der Waals surface area contributed by atoms with Gasteiger partial charge in [-0.2, -0.15) is 0 Å². The molecule has 0 saturated heterocycles. The lowest BCUT2D eigenvalue weighted by molar-refractivity contribution is 0.242. The van der Waals surface area contributed by atoms with Crippen LogP contribution in [0.5, 0.6) is 5.75 Å². The number of anilines is 3. The van der Waals surface area contributed by atoms with Gasteiger partial charge in [-0.25, -0.2) is 4.79 Å². The first-order valence-corrected chi connectivity index (χ1v) is 6.73. The molecule has 0 aliphatic rings. The molecular weight excluding hydrogens is 266 g/mol. The Morgan fingerprint density at radius 3 is 1.90 bits per heavy atom. The minimum absolute atomic E-state index is 0.123. The molecule has 2 amide bonds. The van der Waals surface area contributed by atoms with Gasteiger partial charge in [-0.15, -0.1) is 0 Å². The smallest absolute Gasteiger partial charge is 0.323 e. The van der Waals surface area contributed by atoms with Crippen molar-refractivity contribution in [1.29, 1.82) is 0 Å². The zero-order valence-electron chi connectivity index (χ0n) is 12.1. The van der Waals surface area contributed by atoms with E-state index >= 15 is 0 Å². The Kier molecular flexibility index (Phi) is 4.66. The molecule has 0 radical (unpaired) electrons. The van der Waals surface area contributed by atoms with E-state index in [0.29, 0.717) is 17.1 Å². The summed E-state index contributed by atoms with van der Waals surface area (Å²) in [5.74, 6) is 0.773. The number of urea groups is 1. The van der Waals surface area contributed by atoms with Gasteiger partial charge in [0.05, 0.1) is 6.10 Å². The topological polar surface area (TPSA) is 76.4 Å².